The number of piperidine rings is 1. The molecule has 1 atom stereocenters. The van der Waals surface area contributed by atoms with E-state index in [4.69, 9.17) is 0 Å². The number of rotatable bonds is 7. The lowest BCUT2D eigenvalue weighted by atomic mass is 9.98. The van der Waals surface area contributed by atoms with E-state index in [1.165, 1.54) is 16.4 Å². The summed E-state index contributed by atoms with van der Waals surface area (Å²) in [5.74, 6) is -1.79. The van der Waals surface area contributed by atoms with Crippen molar-refractivity contribution < 1.29 is 22.4 Å². The van der Waals surface area contributed by atoms with Crippen LogP contribution >= 0.6 is 0 Å². The summed E-state index contributed by atoms with van der Waals surface area (Å²) in [6.07, 6.45) is 1.03. The number of sulfonamides is 1. The maximum absolute atomic E-state index is 13.2. The largest absolute Gasteiger partial charge is 0.348 e. The van der Waals surface area contributed by atoms with Crippen LogP contribution in [0.25, 0.3) is 0 Å². The molecule has 182 valence electrons. The van der Waals surface area contributed by atoms with Crippen molar-refractivity contribution in [1.82, 2.24) is 9.62 Å². The molecule has 1 saturated heterocycles. The number of anilines is 1. The molecule has 7 nitrogen and oxygen atoms in total. The van der Waals surface area contributed by atoms with Gasteiger partial charge in [-0.2, -0.15) is 4.31 Å². The van der Waals surface area contributed by atoms with Crippen LogP contribution in [-0.2, 0) is 21.4 Å². The molecule has 1 unspecified atom stereocenters. The maximum Gasteiger partial charge on any atom is 0.253 e. The summed E-state index contributed by atoms with van der Waals surface area (Å²) in [7, 11) is -3.85. The van der Waals surface area contributed by atoms with Crippen LogP contribution in [-0.4, -0.2) is 37.6 Å². The Hall–Kier alpha value is -3.56. The fourth-order valence-corrected chi connectivity index (χ4v) is 5.55. The van der Waals surface area contributed by atoms with Crippen LogP contribution in [0.4, 0.5) is 10.1 Å². The van der Waals surface area contributed by atoms with Crippen LogP contribution < -0.4 is 10.6 Å². The summed E-state index contributed by atoms with van der Waals surface area (Å²) in [6.45, 7) is 0.636. The lowest BCUT2D eigenvalue weighted by molar-refractivity contribution is -0.120. The van der Waals surface area contributed by atoms with Gasteiger partial charge in [-0.3, -0.25) is 9.59 Å². The lowest BCUT2D eigenvalue weighted by Gasteiger charge is -2.31. The molecule has 0 aromatic heterocycles. The van der Waals surface area contributed by atoms with Crippen LogP contribution in [0.5, 0.6) is 0 Å². The average Bonchev–Trinajstić information content (AvgIpc) is 2.88. The van der Waals surface area contributed by atoms with Crippen molar-refractivity contribution in [2.24, 2.45) is 5.92 Å². The molecule has 2 N–H and O–H groups in total. The third-order valence-corrected chi connectivity index (χ3v) is 7.81. The smallest absolute Gasteiger partial charge is 0.253 e. The molecule has 0 aliphatic carbocycles. The number of nitrogens with zero attached hydrogens (tertiary/aromatic N) is 1. The molecule has 0 spiro atoms. The Kier molecular flexibility index (Phi) is 7.57. The maximum atomic E-state index is 13.2. The van der Waals surface area contributed by atoms with E-state index in [-0.39, 0.29) is 29.8 Å². The van der Waals surface area contributed by atoms with Crippen LogP contribution in [0.15, 0.2) is 83.8 Å². The van der Waals surface area contributed by atoms with E-state index >= 15 is 0 Å². The number of amides is 2. The zero-order valence-corrected chi connectivity index (χ0v) is 19.8. The molecule has 3 aromatic rings. The molecule has 1 heterocycles. The van der Waals surface area contributed by atoms with E-state index in [1.807, 2.05) is 30.3 Å². The summed E-state index contributed by atoms with van der Waals surface area (Å²) >= 11 is 0. The highest BCUT2D eigenvalue weighted by molar-refractivity contribution is 7.89. The highest BCUT2D eigenvalue weighted by Crippen LogP contribution is 2.26. The summed E-state index contributed by atoms with van der Waals surface area (Å²) in [5.41, 5.74) is 1.64. The van der Waals surface area contributed by atoms with Gasteiger partial charge >= 0.3 is 0 Å². The zero-order valence-electron chi connectivity index (χ0n) is 19.0. The highest BCUT2D eigenvalue weighted by atomic mass is 32.2. The van der Waals surface area contributed by atoms with Gasteiger partial charge in [0.1, 0.15) is 5.82 Å². The molecular weight excluding hydrogens is 469 g/mol. The number of carbonyl (C=O) groups excluding carboxylic acids is 2. The Balaban J connectivity index is 1.43. The number of hydrogen-bond donors (Lipinski definition) is 2. The van der Waals surface area contributed by atoms with Gasteiger partial charge in [0, 0.05) is 19.6 Å². The molecule has 0 saturated carbocycles. The fourth-order valence-electron chi connectivity index (χ4n) is 4.03. The number of benzene rings is 3. The van der Waals surface area contributed by atoms with E-state index in [0.717, 1.165) is 17.7 Å². The molecule has 0 bridgehead atoms. The number of hydrogen-bond acceptors (Lipinski definition) is 4. The van der Waals surface area contributed by atoms with Gasteiger partial charge in [-0.1, -0.05) is 42.5 Å². The minimum absolute atomic E-state index is 0.00785. The minimum Gasteiger partial charge on any atom is -0.348 e. The Labute approximate surface area is 204 Å². The molecule has 1 aliphatic heterocycles. The topological polar surface area (TPSA) is 95.6 Å². The number of halogens is 1. The van der Waals surface area contributed by atoms with Crippen molar-refractivity contribution >= 4 is 27.5 Å². The van der Waals surface area contributed by atoms with E-state index in [9.17, 15) is 22.4 Å². The van der Waals surface area contributed by atoms with Crippen molar-refractivity contribution in [3.63, 3.8) is 0 Å². The molecule has 4 rings (SSSR count). The van der Waals surface area contributed by atoms with Gasteiger partial charge in [-0.15, -0.1) is 0 Å². The first kappa shape index (κ1) is 24.6. The van der Waals surface area contributed by atoms with Crippen molar-refractivity contribution in [2.45, 2.75) is 24.3 Å². The Morgan fingerprint density at radius 2 is 1.63 bits per heavy atom. The number of para-hydroxylation sites is 1. The predicted molar refractivity (Wildman–Crippen MR) is 131 cm³/mol. The molecule has 3 aromatic carbocycles. The molecular formula is C26H26FN3O4S. The molecule has 2 amide bonds. The monoisotopic (exact) mass is 495 g/mol. The Morgan fingerprint density at radius 1 is 0.943 bits per heavy atom. The molecule has 1 fully saturated rings. The van der Waals surface area contributed by atoms with Gasteiger partial charge in [0.15, 0.2) is 0 Å². The normalized spacial score (nSPS) is 16.4. The van der Waals surface area contributed by atoms with Gasteiger partial charge in [-0.05, 0) is 54.8 Å². The first-order valence-corrected chi connectivity index (χ1v) is 12.8. The van der Waals surface area contributed by atoms with Crippen molar-refractivity contribution in [2.75, 3.05) is 18.4 Å². The Bertz CT molecular complexity index is 1300. The first-order chi connectivity index (χ1) is 16.8. The van der Waals surface area contributed by atoms with Gasteiger partial charge in [0.05, 0.1) is 22.1 Å². The van der Waals surface area contributed by atoms with Crippen LogP contribution in [0.3, 0.4) is 0 Å². The quantitative estimate of drug-likeness (QED) is 0.521. The zero-order chi connectivity index (χ0) is 24.8. The summed E-state index contributed by atoms with van der Waals surface area (Å²) in [6, 6.07) is 20.8. The third kappa shape index (κ3) is 5.93. The molecule has 0 radical (unpaired) electrons. The third-order valence-electron chi connectivity index (χ3n) is 5.93. The standard InChI is InChI=1S/C26H26FN3O4S/c27-21-12-14-22(15-13-21)35(33,34)30-16-6-9-20(18-30)25(31)29-24-11-5-4-10-23(24)26(32)28-17-19-7-2-1-3-8-19/h1-5,7-8,10-15,20H,6,9,16-18H2,(H,28,32)(H,29,31). The van der Waals surface area contributed by atoms with Crippen LogP contribution in [0.1, 0.15) is 28.8 Å². The number of carbonyl (C=O) groups is 2. The summed E-state index contributed by atoms with van der Waals surface area (Å²) in [4.78, 5) is 25.8. The van der Waals surface area contributed by atoms with Gasteiger partial charge in [0.2, 0.25) is 15.9 Å². The minimum atomic E-state index is -3.85. The van der Waals surface area contributed by atoms with Crippen LogP contribution in [0, 0.1) is 11.7 Å². The average molecular weight is 496 g/mol. The second-order valence-corrected chi connectivity index (χ2v) is 10.3. The fraction of sp³-hybridized carbons (Fsp3) is 0.231. The summed E-state index contributed by atoms with van der Waals surface area (Å²) < 4.78 is 40.4. The van der Waals surface area contributed by atoms with Crippen molar-refractivity contribution in [3.05, 3.63) is 95.8 Å². The highest BCUT2D eigenvalue weighted by Gasteiger charge is 2.33. The van der Waals surface area contributed by atoms with Crippen LogP contribution in [0.2, 0.25) is 0 Å². The predicted octanol–water partition coefficient (Wildman–Crippen LogP) is 3.80. The van der Waals surface area contributed by atoms with Crippen molar-refractivity contribution in [3.8, 4) is 0 Å². The second kappa shape index (κ2) is 10.8. The van der Waals surface area contributed by atoms with Gasteiger partial charge < -0.3 is 10.6 Å². The van der Waals surface area contributed by atoms with E-state index < -0.39 is 21.8 Å². The molecule has 1 aliphatic rings. The van der Waals surface area contributed by atoms with Crippen molar-refractivity contribution in [1.29, 1.82) is 0 Å². The lowest BCUT2D eigenvalue weighted by Crippen LogP contribution is -2.43. The van der Waals surface area contributed by atoms with Gasteiger partial charge in [-0.25, -0.2) is 12.8 Å². The first-order valence-electron chi connectivity index (χ1n) is 11.3. The van der Waals surface area contributed by atoms with E-state index in [0.29, 0.717) is 30.6 Å². The van der Waals surface area contributed by atoms with E-state index in [1.54, 1.807) is 24.3 Å². The number of nitrogens with one attached hydrogen (secondary N) is 2. The molecule has 35 heavy (non-hydrogen) atoms. The Morgan fingerprint density at radius 3 is 2.37 bits per heavy atom. The van der Waals surface area contributed by atoms with E-state index in [2.05, 4.69) is 10.6 Å². The second-order valence-electron chi connectivity index (χ2n) is 8.36. The van der Waals surface area contributed by atoms with Gasteiger partial charge in [0.25, 0.3) is 5.91 Å². The summed E-state index contributed by atoms with van der Waals surface area (Å²) in [5, 5.41) is 5.66. The SMILES string of the molecule is O=C(NCc1ccccc1)c1ccccc1NC(=O)C1CCCN(S(=O)(=O)c2ccc(F)cc2)C1. The molecule has 9 heteroatoms.